The lowest BCUT2D eigenvalue weighted by Crippen LogP contribution is -2.24. The highest BCUT2D eigenvalue weighted by Crippen LogP contribution is 2.29. The zero-order valence-electron chi connectivity index (χ0n) is 13.4. The minimum atomic E-state index is -4.77. The first kappa shape index (κ1) is 20.0. The number of anilines is 1. The molecule has 0 saturated heterocycles. The van der Waals surface area contributed by atoms with Crippen LogP contribution in [0.4, 0.5) is 18.9 Å². The van der Waals surface area contributed by atoms with Gasteiger partial charge in [-0.25, -0.2) is 0 Å². The molecule has 3 N–H and O–H groups in total. The number of aliphatic imine (C=N–C) groups is 1. The van der Waals surface area contributed by atoms with Gasteiger partial charge < -0.3 is 25.3 Å². The van der Waals surface area contributed by atoms with E-state index in [9.17, 15) is 13.2 Å². The third-order valence-corrected chi connectivity index (χ3v) is 2.79. The van der Waals surface area contributed by atoms with Crippen LogP contribution in [-0.4, -0.2) is 45.8 Å². The molecule has 0 aliphatic rings. The number of nitrogens with two attached hydrogens (primary N) is 1. The standard InChI is InChI=1S/C15H22F3N3O3/c1-22-10-11-23-9-5-4-8-20-14(19)21-12-6-2-3-7-13(12)24-15(16,17)18/h2-3,6-7H,4-5,8-11H2,1H3,(H3,19,20,21). The topological polar surface area (TPSA) is 78.1 Å². The highest BCUT2D eigenvalue weighted by molar-refractivity contribution is 5.93. The summed E-state index contributed by atoms with van der Waals surface area (Å²) >= 11 is 0. The molecule has 0 amide bonds. The van der Waals surface area contributed by atoms with Crippen LogP contribution in [0.1, 0.15) is 12.8 Å². The van der Waals surface area contributed by atoms with Gasteiger partial charge in [-0.15, -0.1) is 13.2 Å². The maximum Gasteiger partial charge on any atom is 0.573 e. The summed E-state index contributed by atoms with van der Waals surface area (Å²) in [6.45, 7) is 2.12. The Balaban J connectivity index is 2.37. The number of nitrogens with zero attached hydrogens (tertiary/aromatic N) is 1. The predicted molar refractivity (Wildman–Crippen MR) is 85.2 cm³/mol. The van der Waals surface area contributed by atoms with E-state index in [0.717, 1.165) is 12.8 Å². The molecular weight excluding hydrogens is 327 g/mol. The van der Waals surface area contributed by atoms with Crippen LogP contribution in [0, 0.1) is 0 Å². The number of ether oxygens (including phenoxy) is 3. The van der Waals surface area contributed by atoms with Crippen molar-refractivity contribution in [1.29, 1.82) is 0 Å². The number of para-hydroxylation sites is 2. The molecule has 6 nitrogen and oxygen atoms in total. The summed E-state index contributed by atoms with van der Waals surface area (Å²) in [4.78, 5) is 4.06. The average molecular weight is 349 g/mol. The molecule has 24 heavy (non-hydrogen) atoms. The number of methoxy groups -OCH3 is 1. The van der Waals surface area contributed by atoms with E-state index in [1.807, 2.05) is 0 Å². The summed E-state index contributed by atoms with van der Waals surface area (Å²) in [7, 11) is 1.60. The van der Waals surface area contributed by atoms with Gasteiger partial charge in [-0.1, -0.05) is 12.1 Å². The zero-order valence-corrected chi connectivity index (χ0v) is 13.4. The lowest BCUT2D eigenvalue weighted by molar-refractivity contribution is -0.274. The van der Waals surface area contributed by atoms with Crippen LogP contribution in [0.15, 0.2) is 29.3 Å². The third kappa shape index (κ3) is 9.21. The van der Waals surface area contributed by atoms with Crippen LogP contribution in [-0.2, 0) is 9.47 Å². The molecule has 0 radical (unpaired) electrons. The molecule has 1 aromatic carbocycles. The van der Waals surface area contributed by atoms with Crippen LogP contribution in [0.25, 0.3) is 0 Å². The normalized spacial score (nSPS) is 12.2. The molecule has 0 heterocycles. The Hall–Kier alpha value is -2.00. The summed E-state index contributed by atoms with van der Waals surface area (Å²) in [5.41, 5.74) is 5.77. The van der Waals surface area contributed by atoms with E-state index in [1.165, 1.54) is 18.2 Å². The highest BCUT2D eigenvalue weighted by atomic mass is 19.4. The Labute approximate surface area is 138 Å². The number of guanidine groups is 1. The van der Waals surface area contributed by atoms with E-state index in [1.54, 1.807) is 13.2 Å². The second-order valence-electron chi connectivity index (χ2n) is 4.75. The van der Waals surface area contributed by atoms with Gasteiger partial charge in [0.05, 0.1) is 18.9 Å². The number of nitrogens with one attached hydrogen (secondary N) is 1. The fraction of sp³-hybridized carbons (Fsp3) is 0.533. The largest absolute Gasteiger partial charge is 0.573 e. The first-order chi connectivity index (χ1) is 11.4. The molecular formula is C15H22F3N3O3. The minimum absolute atomic E-state index is 0.0218. The number of hydrogen-bond acceptors (Lipinski definition) is 4. The average Bonchev–Trinajstić information content (AvgIpc) is 2.50. The Kier molecular flexibility index (Phi) is 8.95. The van der Waals surface area contributed by atoms with E-state index >= 15 is 0 Å². The van der Waals surface area contributed by atoms with Crippen molar-refractivity contribution in [1.82, 2.24) is 0 Å². The number of halogens is 3. The summed E-state index contributed by atoms with van der Waals surface area (Å²) in [5.74, 6) is -0.344. The van der Waals surface area contributed by atoms with E-state index in [4.69, 9.17) is 15.2 Å². The van der Waals surface area contributed by atoms with Crippen molar-refractivity contribution >= 4 is 11.6 Å². The zero-order chi connectivity index (χ0) is 17.8. The number of hydrogen-bond donors (Lipinski definition) is 2. The predicted octanol–water partition coefficient (Wildman–Crippen LogP) is 2.75. The third-order valence-electron chi connectivity index (χ3n) is 2.79. The SMILES string of the molecule is COCCOCCCCN=C(N)Nc1ccccc1OC(F)(F)F. The Morgan fingerprint density at radius 1 is 1.17 bits per heavy atom. The van der Waals surface area contributed by atoms with Crippen molar-refractivity contribution < 1.29 is 27.4 Å². The van der Waals surface area contributed by atoms with Gasteiger partial charge in [-0.2, -0.15) is 0 Å². The fourth-order valence-electron chi connectivity index (χ4n) is 1.72. The van der Waals surface area contributed by atoms with Crippen molar-refractivity contribution in [3.63, 3.8) is 0 Å². The highest BCUT2D eigenvalue weighted by Gasteiger charge is 2.32. The second-order valence-corrected chi connectivity index (χ2v) is 4.75. The maximum atomic E-state index is 12.3. The van der Waals surface area contributed by atoms with Gasteiger partial charge in [0.1, 0.15) is 0 Å². The van der Waals surface area contributed by atoms with Crippen LogP contribution in [0.3, 0.4) is 0 Å². The molecule has 0 unspecified atom stereocenters. The molecule has 0 bridgehead atoms. The van der Waals surface area contributed by atoms with Crippen molar-refractivity contribution in [2.24, 2.45) is 10.7 Å². The van der Waals surface area contributed by atoms with Crippen molar-refractivity contribution in [3.8, 4) is 5.75 Å². The number of unbranched alkanes of at least 4 members (excludes halogenated alkanes) is 1. The van der Waals surface area contributed by atoms with Gasteiger partial charge in [0.15, 0.2) is 11.7 Å². The van der Waals surface area contributed by atoms with Crippen LogP contribution in [0.5, 0.6) is 5.75 Å². The van der Waals surface area contributed by atoms with Crippen molar-refractivity contribution in [3.05, 3.63) is 24.3 Å². The number of alkyl halides is 3. The molecule has 0 fully saturated rings. The quantitative estimate of drug-likeness (QED) is 0.386. The summed E-state index contributed by atoms with van der Waals surface area (Å²) < 4.78 is 51.0. The monoisotopic (exact) mass is 349 g/mol. The van der Waals surface area contributed by atoms with Gasteiger partial charge >= 0.3 is 6.36 Å². The van der Waals surface area contributed by atoms with E-state index < -0.39 is 6.36 Å². The van der Waals surface area contributed by atoms with E-state index in [2.05, 4.69) is 15.0 Å². The molecule has 9 heteroatoms. The van der Waals surface area contributed by atoms with E-state index in [0.29, 0.717) is 26.4 Å². The molecule has 0 spiro atoms. The first-order valence-electron chi connectivity index (χ1n) is 7.41. The molecule has 136 valence electrons. The fourth-order valence-corrected chi connectivity index (χ4v) is 1.72. The minimum Gasteiger partial charge on any atom is -0.404 e. The number of benzene rings is 1. The Morgan fingerprint density at radius 3 is 2.62 bits per heavy atom. The molecule has 0 atom stereocenters. The van der Waals surface area contributed by atoms with Gasteiger partial charge in [-0.05, 0) is 25.0 Å². The van der Waals surface area contributed by atoms with Crippen LogP contribution in [0.2, 0.25) is 0 Å². The lowest BCUT2D eigenvalue weighted by Gasteiger charge is -2.14. The maximum absolute atomic E-state index is 12.3. The lowest BCUT2D eigenvalue weighted by atomic mass is 10.3. The Morgan fingerprint density at radius 2 is 1.92 bits per heavy atom. The first-order valence-corrected chi connectivity index (χ1v) is 7.41. The molecule has 0 aliphatic heterocycles. The smallest absolute Gasteiger partial charge is 0.404 e. The molecule has 0 saturated carbocycles. The van der Waals surface area contributed by atoms with E-state index in [-0.39, 0.29) is 17.4 Å². The van der Waals surface area contributed by atoms with Crippen LogP contribution < -0.4 is 15.8 Å². The van der Waals surface area contributed by atoms with Crippen molar-refractivity contribution in [2.75, 3.05) is 38.8 Å². The second kappa shape index (κ2) is 10.7. The Bertz CT molecular complexity index is 510. The van der Waals surface area contributed by atoms with Gasteiger partial charge in [0.2, 0.25) is 0 Å². The summed E-state index contributed by atoms with van der Waals surface area (Å²) in [6, 6.07) is 5.62. The summed E-state index contributed by atoms with van der Waals surface area (Å²) in [6.07, 6.45) is -3.23. The van der Waals surface area contributed by atoms with Crippen molar-refractivity contribution in [2.45, 2.75) is 19.2 Å². The molecule has 0 aromatic heterocycles. The summed E-state index contributed by atoms with van der Waals surface area (Å²) in [5, 5.41) is 2.61. The molecule has 1 aromatic rings. The number of rotatable bonds is 10. The van der Waals surface area contributed by atoms with Gasteiger partial charge in [-0.3, -0.25) is 4.99 Å². The van der Waals surface area contributed by atoms with Gasteiger partial charge in [0, 0.05) is 20.3 Å². The molecule has 0 aliphatic carbocycles. The van der Waals surface area contributed by atoms with Gasteiger partial charge in [0.25, 0.3) is 0 Å². The van der Waals surface area contributed by atoms with Crippen LogP contribution >= 0.6 is 0 Å². The molecule has 1 rings (SSSR count).